The molecule has 0 radical (unpaired) electrons. The van der Waals surface area contributed by atoms with Crippen LogP contribution in [0.1, 0.15) is 36.7 Å². The first-order valence-electron chi connectivity index (χ1n) is 9.65. The molecule has 1 fully saturated rings. The van der Waals surface area contributed by atoms with Crippen molar-refractivity contribution in [3.05, 3.63) is 59.5 Å². The van der Waals surface area contributed by atoms with Gasteiger partial charge in [0, 0.05) is 19.8 Å². The summed E-state index contributed by atoms with van der Waals surface area (Å²) < 4.78 is 16.7. The molecule has 0 aliphatic carbocycles. The second-order valence-electron chi connectivity index (χ2n) is 6.57. The monoisotopic (exact) mass is 499 g/mol. The van der Waals surface area contributed by atoms with E-state index in [1.165, 1.54) is 11.1 Å². The molecule has 1 aromatic heterocycles. The zero-order chi connectivity index (χ0) is 18.7. The third kappa shape index (κ3) is 7.81. The largest absolute Gasteiger partial charge is 0.467 e. The summed E-state index contributed by atoms with van der Waals surface area (Å²) in [7, 11) is 0. The van der Waals surface area contributed by atoms with Crippen molar-refractivity contribution in [1.29, 1.82) is 0 Å². The maximum Gasteiger partial charge on any atom is 0.191 e. The van der Waals surface area contributed by atoms with Crippen LogP contribution >= 0.6 is 24.0 Å². The van der Waals surface area contributed by atoms with Gasteiger partial charge in [-0.25, -0.2) is 4.99 Å². The van der Waals surface area contributed by atoms with Crippen molar-refractivity contribution in [2.45, 2.75) is 45.6 Å². The lowest BCUT2D eigenvalue weighted by Crippen LogP contribution is -2.36. The summed E-state index contributed by atoms with van der Waals surface area (Å²) in [6.45, 7) is 6.33. The minimum Gasteiger partial charge on any atom is -0.467 e. The molecule has 3 rings (SSSR count). The zero-order valence-electron chi connectivity index (χ0n) is 16.4. The van der Waals surface area contributed by atoms with E-state index in [0.717, 1.165) is 44.3 Å². The third-order valence-corrected chi connectivity index (χ3v) is 4.42. The highest BCUT2D eigenvalue weighted by Crippen LogP contribution is 2.14. The average molecular weight is 499 g/mol. The van der Waals surface area contributed by atoms with Crippen molar-refractivity contribution in [3.63, 3.8) is 0 Å². The molecule has 1 aromatic carbocycles. The molecule has 0 atom stereocenters. The number of hydrogen-bond acceptors (Lipinski definition) is 4. The fourth-order valence-corrected chi connectivity index (χ4v) is 2.97. The van der Waals surface area contributed by atoms with Gasteiger partial charge in [-0.2, -0.15) is 0 Å². The summed E-state index contributed by atoms with van der Waals surface area (Å²) in [5.74, 6) is 1.66. The van der Waals surface area contributed by atoms with Crippen molar-refractivity contribution in [2.75, 3.05) is 19.8 Å². The number of halogens is 1. The van der Waals surface area contributed by atoms with E-state index >= 15 is 0 Å². The number of hydrogen-bond donors (Lipinski definition) is 2. The quantitative estimate of drug-likeness (QED) is 0.328. The third-order valence-electron chi connectivity index (χ3n) is 4.42. The molecule has 154 valence electrons. The molecule has 0 spiro atoms. The number of benzene rings is 1. The summed E-state index contributed by atoms with van der Waals surface area (Å²) in [5.41, 5.74) is 2.35. The minimum atomic E-state index is 0. The van der Waals surface area contributed by atoms with Gasteiger partial charge in [0.15, 0.2) is 5.96 Å². The zero-order valence-corrected chi connectivity index (χ0v) is 18.7. The van der Waals surface area contributed by atoms with Crippen LogP contribution in [-0.4, -0.2) is 31.8 Å². The first-order chi connectivity index (χ1) is 13.3. The van der Waals surface area contributed by atoms with Crippen LogP contribution < -0.4 is 10.6 Å². The Morgan fingerprint density at radius 2 is 1.96 bits per heavy atom. The van der Waals surface area contributed by atoms with Crippen LogP contribution in [0.2, 0.25) is 0 Å². The SMILES string of the molecule is CCNC(=NCc1cccc(COC2CCOCC2)c1)NCc1ccco1.I. The van der Waals surface area contributed by atoms with Gasteiger partial charge in [-0.3, -0.25) is 0 Å². The van der Waals surface area contributed by atoms with E-state index in [1.54, 1.807) is 6.26 Å². The van der Waals surface area contributed by atoms with Crippen LogP contribution in [-0.2, 0) is 29.2 Å². The number of ether oxygens (including phenoxy) is 2. The lowest BCUT2D eigenvalue weighted by Gasteiger charge is -2.22. The van der Waals surface area contributed by atoms with Crippen LogP contribution in [0.25, 0.3) is 0 Å². The Kier molecular flexibility index (Phi) is 10.4. The topological polar surface area (TPSA) is 68.0 Å². The maximum atomic E-state index is 6.02. The van der Waals surface area contributed by atoms with E-state index in [2.05, 4.69) is 46.8 Å². The molecule has 0 amide bonds. The molecule has 0 bridgehead atoms. The number of rotatable bonds is 8. The lowest BCUT2D eigenvalue weighted by atomic mass is 10.1. The number of aliphatic imine (C=N–C) groups is 1. The number of furan rings is 1. The van der Waals surface area contributed by atoms with Crippen molar-refractivity contribution in [3.8, 4) is 0 Å². The highest BCUT2D eigenvalue weighted by Gasteiger charge is 2.14. The van der Waals surface area contributed by atoms with Crippen LogP contribution in [0.15, 0.2) is 52.1 Å². The molecule has 1 aliphatic rings. The van der Waals surface area contributed by atoms with Crippen molar-refractivity contribution in [1.82, 2.24) is 10.6 Å². The Morgan fingerprint density at radius 3 is 2.71 bits per heavy atom. The van der Waals surface area contributed by atoms with Gasteiger partial charge in [-0.15, -0.1) is 24.0 Å². The summed E-state index contributed by atoms with van der Waals surface area (Å²) in [5, 5.41) is 6.54. The highest BCUT2D eigenvalue weighted by molar-refractivity contribution is 14.0. The van der Waals surface area contributed by atoms with E-state index in [1.807, 2.05) is 12.1 Å². The molecule has 1 saturated heterocycles. The van der Waals surface area contributed by atoms with Crippen molar-refractivity contribution in [2.24, 2.45) is 4.99 Å². The van der Waals surface area contributed by atoms with Gasteiger partial charge in [0.2, 0.25) is 0 Å². The van der Waals surface area contributed by atoms with Crippen molar-refractivity contribution >= 4 is 29.9 Å². The van der Waals surface area contributed by atoms with Crippen LogP contribution in [0.4, 0.5) is 0 Å². The Bertz CT molecular complexity index is 701. The molecule has 0 unspecified atom stereocenters. The molecule has 1 aliphatic heterocycles. The number of nitrogens with one attached hydrogen (secondary N) is 2. The van der Waals surface area contributed by atoms with Gasteiger partial charge in [-0.05, 0) is 43.0 Å². The number of guanidine groups is 1. The van der Waals surface area contributed by atoms with Gasteiger partial charge >= 0.3 is 0 Å². The summed E-state index contributed by atoms with van der Waals surface area (Å²) in [6.07, 6.45) is 3.95. The molecular formula is C21H30IN3O3. The smallest absolute Gasteiger partial charge is 0.191 e. The van der Waals surface area contributed by atoms with E-state index in [-0.39, 0.29) is 24.0 Å². The van der Waals surface area contributed by atoms with Gasteiger partial charge in [-0.1, -0.05) is 24.3 Å². The van der Waals surface area contributed by atoms with E-state index in [0.29, 0.717) is 25.8 Å². The highest BCUT2D eigenvalue weighted by atomic mass is 127. The predicted octanol–water partition coefficient (Wildman–Crippen LogP) is 3.85. The molecule has 7 heteroatoms. The van der Waals surface area contributed by atoms with Gasteiger partial charge in [0.25, 0.3) is 0 Å². The standard InChI is InChI=1S/C21H29N3O3.HI/c1-2-22-21(24-15-20-7-4-10-26-20)23-14-17-5-3-6-18(13-17)16-27-19-8-11-25-12-9-19;/h3-7,10,13,19H,2,8-9,11-12,14-16H2,1H3,(H2,22,23,24);1H. The Morgan fingerprint density at radius 1 is 1.14 bits per heavy atom. The summed E-state index contributed by atoms with van der Waals surface area (Å²) in [4.78, 5) is 4.67. The molecule has 28 heavy (non-hydrogen) atoms. The van der Waals surface area contributed by atoms with E-state index in [9.17, 15) is 0 Å². The maximum absolute atomic E-state index is 6.02. The summed E-state index contributed by atoms with van der Waals surface area (Å²) in [6, 6.07) is 12.3. The van der Waals surface area contributed by atoms with Gasteiger partial charge in [0.1, 0.15) is 5.76 Å². The molecule has 2 N–H and O–H groups in total. The van der Waals surface area contributed by atoms with E-state index < -0.39 is 0 Å². The molecule has 2 aromatic rings. The molecule has 2 heterocycles. The fourth-order valence-electron chi connectivity index (χ4n) is 2.97. The van der Waals surface area contributed by atoms with E-state index in [4.69, 9.17) is 13.9 Å². The second-order valence-corrected chi connectivity index (χ2v) is 6.57. The predicted molar refractivity (Wildman–Crippen MR) is 121 cm³/mol. The Balaban J connectivity index is 0.00000280. The van der Waals surface area contributed by atoms with Crippen LogP contribution in [0.3, 0.4) is 0 Å². The summed E-state index contributed by atoms with van der Waals surface area (Å²) >= 11 is 0. The first kappa shape index (κ1) is 22.7. The number of nitrogens with zero attached hydrogens (tertiary/aromatic N) is 1. The van der Waals surface area contributed by atoms with Gasteiger partial charge < -0.3 is 24.5 Å². The molecule has 0 saturated carbocycles. The van der Waals surface area contributed by atoms with Crippen LogP contribution in [0, 0.1) is 0 Å². The fraction of sp³-hybridized carbons (Fsp3) is 0.476. The van der Waals surface area contributed by atoms with Crippen LogP contribution in [0.5, 0.6) is 0 Å². The lowest BCUT2D eigenvalue weighted by molar-refractivity contribution is -0.0390. The molecule has 6 nitrogen and oxygen atoms in total. The molecular weight excluding hydrogens is 469 g/mol. The Labute approximate surface area is 184 Å². The minimum absolute atomic E-state index is 0. The Hall–Kier alpha value is -1.58. The second kappa shape index (κ2) is 12.8. The average Bonchev–Trinajstić information content (AvgIpc) is 3.23. The van der Waals surface area contributed by atoms with Gasteiger partial charge in [0.05, 0.1) is 32.1 Å². The van der Waals surface area contributed by atoms with Crippen molar-refractivity contribution < 1.29 is 13.9 Å². The normalized spacial score (nSPS) is 15.1. The first-order valence-corrected chi connectivity index (χ1v) is 9.65.